The summed E-state index contributed by atoms with van der Waals surface area (Å²) in [4.78, 5) is 19.1. The van der Waals surface area contributed by atoms with E-state index in [0.717, 1.165) is 11.1 Å². The molecule has 0 amide bonds. The van der Waals surface area contributed by atoms with E-state index in [4.69, 9.17) is 0 Å². The largest absolute Gasteiger partial charge is 0.367 e. The molecule has 0 bridgehead atoms. The van der Waals surface area contributed by atoms with Crippen molar-refractivity contribution in [3.63, 3.8) is 0 Å². The minimum absolute atomic E-state index is 0.0573. The van der Waals surface area contributed by atoms with E-state index >= 15 is 0 Å². The van der Waals surface area contributed by atoms with Gasteiger partial charge in [0, 0.05) is 55.7 Å². The molecule has 7 heteroatoms. The number of piperazine rings is 1. The van der Waals surface area contributed by atoms with Crippen molar-refractivity contribution in [1.29, 1.82) is 0 Å². The van der Waals surface area contributed by atoms with Crippen LogP contribution in [-0.2, 0) is 0 Å². The Hall–Kier alpha value is -3.22. The normalized spacial score (nSPS) is 14.7. The molecule has 1 aliphatic heterocycles. The first-order valence-electron chi connectivity index (χ1n) is 8.40. The van der Waals surface area contributed by atoms with Crippen molar-refractivity contribution in [1.82, 2.24) is 4.98 Å². The molecule has 0 unspecified atom stereocenters. The summed E-state index contributed by atoms with van der Waals surface area (Å²) >= 11 is 0. The van der Waals surface area contributed by atoms with Crippen LogP contribution in [0.25, 0.3) is 10.8 Å². The van der Waals surface area contributed by atoms with E-state index in [1.807, 2.05) is 11.0 Å². The fourth-order valence-electron chi connectivity index (χ4n) is 3.49. The van der Waals surface area contributed by atoms with Crippen LogP contribution in [0.3, 0.4) is 0 Å². The van der Waals surface area contributed by atoms with Crippen molar-refractivity contribution in [2.24, 2.45) is 0 Å². The number of nitro groups is 1. The van der Waals surface area contributed by atoms with E-state index in [9.17, 15) is 14.5 Å². The maximum atomic E-state index is 14.0. The molecule has 1 aliphatic rings. The highest BCUT2D eigenvalue weighted by molar-refractivity contribution is 5.99. The summed E-state index contributed by atoms with van der Waals surface area (Å²) in [5.74, 6) is -0.215. The Morgan fingerprint density at radius 1 is 0.923 bits per heavy atom. The summed E-state index contributed by atoms with van der Waals surface area (Å²) in [5, 5.41) is 12.6. The number of aromatic nitrogens is 1. The van der Waals surface area contributed by atoms with Crippen LogP contribution in [0.5, 0.6) is 0 Å². The third kappa shape index (κ3) is 2.81. The van der Waals surface area contributed by atoms with E-state index in [1.54, 1.807) is 30.5 Å². The zero-order valence-corrected chi connectivity index (χ0v) is 14.0. The van der Waals surface area contributed by atoms with Crippen molar-refractivity contribution in [3.05, 3.63) is 70.8 Å². The van der Waals surface area contributed by atoms with Gasteiger partial charge in [-0.3, -0.25) is 15.1 Å². The second-order valence-corrected chi connectivity index (χ2v) is 6.21. The Kier molecular flexibility index (Phi) is 4.12. The lowest BCUT2D eigenvalue weighted by molar-refractivity contribution is -0.383. The number of benzene rings is 2. The van der Waals surface area contributed by atoms with Crippen molar-refractivity contribution < 1.29 is 9.31 Å². The van der Waals surface area contributed by atoms with Crippen LogP contribution in [0, 0.1) is 15.9 Å². The van der Waals surface area contributed by atoms with Gasteiger partial charge in [0.25, 0.3) is 5.69 Å². The number of non-ortho nitro benzene ring substituents is 1. The quantitative estimate of drug-likeness (QED) is 0.532. The lowest BCUT2D eigenvalue weighted by Gasteiger charge is -2.37. The van der Waals surface area contributed by atoms with Gasteiger partial charge in [0.1, 0.15) is 5.82 Å². The molecule has 0 N–H and O–H groups in total. The summed E-state index contributed by atoms with van der Waals surface area (Å²) in [7, 11) is 0. The maximum absolute atomic E-state index is 14.0. The second-order valence-electron chi connectivity index (χ2n) is 6.21. The lowest BCUT2D eigenvalue weighted by Crippen LogP contribution is -2.46. The number of anilines is 2. The van der Waals surface area contributed by atoms with E-state index < -0.39 is 0 Å². The van der Waals surface area contributed by atoms with Gasteiger partial charge in [-0.15, -0.1) is 0 Å². The highest BCUT2D eigenvalue weighted by atomic mass is 19.1. The number of fused-ring (bicyclic) bond motifs is 1. The van der Waals surface area contributed by atoms with Gasteiger partial charge in [-0.25, -0.2) is 4.39 Å². The number of halogens is 1. The molecule has 2 heterocycles. The van der Waals surface area contributed by atoms with E-state index in [0.29, 0.717) is 37.3 Å². The van der Waals surface area contributed by atoms with Crippen LogP contribution in [-0.4, -0.2) is 36.1 Å². The first-order chi connectivity index (χ1) is 12.6. The maximum Gasteiger partial charge on any atom is 0.278 e. The Labute approximate surface area is 149 Å². The SMILES string of the molecule is O=[N+]([O-])c1ccc(N2CCN(c3ccccc3F)CC2)c2ccncc12. The first kappa shape index (κ1) is 16.3. The van der Waals surface area contributed by atoms with Gasteiger partial charge in [0.15, 0.2) is 0 Å². The van der Waals surface area contributed by atoms with Crippen molar-refractivity contribution in [3.8, 4) is 0 Å². The molecule has 0 atom stereocenters. The smallest absolute Gasteiger partial charge is 0.278 e. The monoisotopic (exact) mass is 352 g/mol. The fraction of sp³-hybridized carbons (Fsp3) is 0.211. The van der Waals surface area contributed by atoms with Crippen LogP contribution < -0.4 is 9.80 Å². The summed E-state index contributed by atoms with van der Waals surface area (Å²) in [6, 6.07) is 11.9. The Bertz CT molecular complexity index is 971. The van der Waals surface area contributed by atoms with Gasteiger partial charge in [-0.05, 0) is 24.3 Å². The average molecular weight is 352 g/mol. The Balaban J connectivity index is 1.62. The number of rotatable bonds is 3. The van der Waals surface area contributed by atoms with Crippen molar-refractivity contribution in [2.75, 3.05) is 36.0 Å². The van der Waals surface area contributed by atoms with Gasteiger partial charge >= 0.3 is 0 Å². The molecule has 0 aliphatic carbocycles. The highest BCUT2D eigenvalue weighted by Gasteiger charge is 2.22. The molecule has 1 saturated heterocycles. The molecule has 0 radical (unpaired) electrons. The molecule has 3 aromatic rings. The predicted molar refractivity (Wildman–Crippen MR) is 99.2 cm³/mol. The minimum Gasteiger partial charge on any atom is -0.367 e. The number of hydrogen-bond acceptors (Lipinski definition) is 5. The fourth-order valence-corrected chi connectivity index (χ4v) is 3.49. The predicted octanol–water partition coefficient (Wildman–Crippen LogP) is 3.61. The minimum atomic E-state index is -0.385. The van der Waals surface area contributed by atoms with Gasteiger partial charge < -0.3 is 9.80 Å². The van der Waals surface area contributed by atoms with Crippen LogP contribution >= 0.6 is 0 Å². The molecular weight excluding hydrogens is 335 g/mol. The molecule has 0 spiro atoms. The van der Waals surface area contributed by atoms with E-state index in [-0.39, 0.29) is 16.4 Å². The molecule has 1 aromatic heterocycles. The van der Waals surface area contributed by atoms with E-state index in [2.05, 4.69) is 9.88 Å². The van der Waals surface area contributed by atoms with Gasteiger partial charge in [0.05, 0.1) is 16.0 Å². The van der Waals surface area contributed by atoms with Gasteiger partial charge in [0.2, 0.25) is 0 Å². The third-order valence-electron chi connectivity index (χ3n) is 4.78. The van der Waals surface area contributed by atoms with E-state index in [1.165, 1.54) is 18.3 Å². The van der Waals surface area contributed by atoms with Crippen LogP contribution in [0.15, 0.2) is 54.9 Å². The molecule has 0 saturated carbocycles. The molecule has 26 heavy (non-hydrogen) atoms. The molecule has 132 valence electrons. The third-order valence-corrected chi connectivity index (χ3v) is 4.78. The number of nitrogens with zero attached hydrogens (tertiary/aromatic N) is 4. The van der Waals surface area contributed by atoms with Gasteiger partial charge in [-0.1, -0.05) is 12.1 Å². The summed E-state index contributed by atoms with van der Waals surface area (Å²) in [6.07, 6.45) is 3.18. The zero-order chi connectivity index (χ0) is 18.1. The Morgan fingerprint density at radius 2 is 1.62 bits per heavy atom. The average Bonchev–Trinajstić information content (AvgIpc) is 2.67. The van der Waals surface area contributed by atoms with Crippen molar-refractivity contribution >= 4 is 27.8 Å². The lowest BCUT2D eigenvalue weighted by atomic mass is 10.1. The number of pyridine rings is 1. The number of nitro benzene ring substituents is 1. The first-order valence-corrected chi connectivity index (χ1v) is 8.40. The van der Waals surface area contributed by atoms with Crippen LogP contribution in [0.2, 0.25) is 0 Å². The summed E-state index contributed by atoms with van der Waals surface area (Å²) in [6.45, 7) is 2.79. The number of hydrogen-bond donors (Lipinski definition) is 0. The van der Waals surface area contributed by atoms with Crippen molar-refractivity contribution in [2.45, 2.75) is 0 Å². The highest BCUT2D eigenvalue weighted by Crippen LogP contribution is 2.33. The molecular formula is C19H17FN4O2. The summed E-state index contributed by atoms with van der Waals surface area (Å²) < 4.78 is 14.0. The van der Waals surface area contributed by atoms with Crippen LogP contribution in [0.1, 0.15) is 0 Å². The molecule has 6 nitrogen and oxygen atoms in total. The topological polar surface area (TPSA) is 62.5 Å². The number of para-hydroxylation sites is 1. The Morgan fingerprint density at radius 3 is 2.31 bits per heavy atom. The summed E-state index contributed by atoms with van der Waals surface area (Å²) in [5.41, 5.74) is 1.62. The molecule has 1 fully saturated rings. The standard InChI is InChI=1S/C19H17FN4O2/c20-16-3-1-2-4-19(16)23-11-9-22(10-12-23)17-5-6-18(24(25)26)15-13-21-8-7-14(15)17/h1-8,13H,9-12H2. The molecule has 4 rings (SSSR count). The van der Waals surface area contributed by atoms with Crippen LogP contribution in [0.4, 0.5) is 21.5 Å². The zero-order valence-electron chi connectivity index (χ0n) is 14.0. The van der Waals surface area contributed by atoms with Gasteiger partial charge in [-0.2, -0.15) is 0 Å². The molecule has 2 aromatic carbocycles. The second kappa shape index (κ2) is 6.59.